The molecule has 0 aliphatic rings. The van der Waals surface area contributed by atoms with Crippen LogP contribution in [0, 0.1) is 6.92 Å². The summed E-state index contributed by atoms with van der Waals surface area (Å²) >= 11 is 0. The summed E-state index contributed by atoms with van der Waals surface area (Å²) in [7, 11) is 0.0718. The van der Waals surface area contributed by atoms with Crippen molar-refractivity contribution in [3.8, 4) is 0 Å². The van der Waals surface area contributed by atoms with Gasteiger partial charge in [-0.3, -0.25) is 4.98 Å². The molecule has 0 radical (unpaired) electrons. The van der Waals surface area contributed by atoms with E-state index in [1.807, 2.05) is 13.0 Å². The molecule has 88 valence electrons. The molecule has 1 heterocycles. The van der Waals surface area contributed by atoms with E-state index < -0.39 is 10.0 Å². The molecule has 0 N–H and O–H groups in total. The number of hydrogen-bond donors (Lipinski definition) is 0. The minimum absolute atomic E-state index is 0.384. The van der Waals surface area contributed by atoms with E-state index >= 15 is 0 Å². The largest absolute Gasteiger partial charge is 0.362 e. The number of aryl methyl sites for hydroxylation is 1. The average molecular weight is 241 g/mol. The third kappa shape index (κ3) is 3.62. The van der Waals surface area contributed by atoms with Crippen molar-refractivity contribution in [1.29, 1.82) is 0 Å². The number of nitrogens with zero attached hydrogens (tertiary/aromatic N) is 3. The lowest BCUT2D eigenvalue weighted by atomic mass is 10.2. The number of rotatable bonds is 2. The first kappa shape index (κ1) is 12.6. The predicted octanol–water partition coefficient (Wildman–Crippen LogP) is 0.658. The van der Waals surface area contributed by atoms with Gasteiger partial charge in [0.15, 0.2) is 0 Å². The van der Waals surface area contributed by atoms with E-state index in [0.717, 1.165) is 11.9 Å². The van der Waals surface area contributed by atoms with E-state index in [9.17, 15) is 8.42 Å². The second-order valence-corrected chi connectivity index (χ2v) is 5.38. The van der Waals surface area contributed by atoms with Crippen LogP contribution in [0.3, 0.4) is 0 Å². The second-order valence-electron chi connectivity index (χ2n) is 3.73. The van der Waals surface area contributed by atoms with Gasteiger partial charge in [0.25, 0.3) is 10.0 Å². The second kappa shape index (κ2) is 4.61. The molecule has 0 spiro atoms. The fourth-order valence-electron chi connectivity index (χ4n) is 1.15. The lowest BCUT2D eigenvalue weighted by Gasteiger charge is -2.15. The van der Waals surface area contributed by atoms with Gasteiger partial charge in [0.1, 0.15) is 5.84 Å². The number of sulfonamides is 1. The van der Waals surface area contributed by atoms with Crippen molar-refractivity contribution in [3.63, 3.8) is 0 Å². The zero-order chi connectivity index (χ0) is 12.3. The van der Waals surface area contributed by atoms with Crippen molar-refractivity contribution < 1.29 is 8.42 Å². The zero-order valence-corrected chi connectivity index (χ0v) is 10.6. The molecule has 6 heteroatoms. The first-order chi connectivity index (χ1) is 7.29. The molecule has 1 aromatic rings. The molecule has 0 unspecified atom stereocenters. The summed E-state index contributed by atoms with van der Waals surface area (Å²) in [6.07, 6.45) is 2.68. The molecule has 5 nitrogen and oxygen atoms in total. The van der Waals surface area contributed by atoms with Crippen LogP contribution in [0.5, 0.6) is 0 Å². The Labute approximate surface area is 95.9 Å². The quantitative estimate of drug-likeness (QED) is 0.563. The van der Waals surface area contributed by atoms with E-state index in [4.69, 9.17) is 0 Å². The molecule has 0 aliphatic heterocycles. The minimum atomic E-state index is -3.41. The SMILES string of the molecule is Cc1ccc(/C(=N/S(C)(=O)=O)N(C)C)cn1. The molecule has 16 heavy (non-hydrogen) atoms. The number of amidine groups is 1. The summed E-state index contributed by atoms with van der Waals surface area (Å²) < 4.78 is 26.0. The molecule has 0 aromatic carbocycles. The van der Waals surface area contributed by atoms with E-state index in [1.54, 1.807) is 31.3 Å². The zero-order valence-electron chi connectivity index (χ0n) is 9.80. The van der Waals surface area contributed by atoms with Gasteiger partial charge in [0.2, 0.25) is 0 Å². The number of aromatic nitrogens is 1. The molecular weight excluding hydrogens is 226 g/mol. The first-order valence-electron chi connectivity index (χ1n) is 4.70. The Morgan fingerprint density at radius 1 is 1.38 bits per heavy atom. The van der Waals surface area contributed by atoms with E-state index in [0.29, 0.717) is 11.4 Å². The highest BCUT2D eigenvalue weighted by Gasteiger charge is 2.09. The summed E-state index contributed by atoms with van der Waals surface area (Å²) in [6.45, 7) is 1.87. The lowest BCUT2D eigenvalue weighted by Crippen LogP contribution is -2.24. The molecule has 1 aromatic heterocycles. The Bertz CT molecular complexity index is 489. The van der Waals surface area contributed by atoms with Gasteiger partial charge in [-0.1, -0.05) is 0 Å². The summed E-state index contributed by atoms with van der Waals surface area (Å²) in [6, 6.07) is 3.61. The van der Waals surface area contributed by atoms with E-state index in [-0.39, 0.29) is 0 Å². The highest BCUT2D eigenvalue weighted by molar-refractivity contribution is 7.89. The molecule has 0 aliphatic carbocycles. The molecule has 1 rings (SSSR count). The minimum Gasteiger partial charge on any atom is -0.362 e. The third-order valence-corrected chi connectivity index (χ3v) is 2.35. The summed E-state index contributed by atoms with van der Waals surface area (Å²) in [5.74, 6) is 0.384. The fraction of sp³-hybridized carbons (Fsp3) is 0.400. The Hall–Kier alpha value is -1.43. The first-order valence-corrected chi connectivity index (χ1v) is 6.55. The van der Waals surface area contributed by atoms with Gasteiger partial charge in [0, 0.05) is 31.5 Å². The van der Waals surface area contributed by atoms with Crippen molar-refractivity contribution in [2.45, 2.75) is 6.92 Å². The topological polar surface area (TPSA) is 62.6 Å². The van der Waals surface area contributed by atoms with Crippen molar-refractivity contribution in [2.75, 3.05) is 20.4 Å². The monoisotopic (exact) mass is 241 g/mol. The smallest absolute Gasteiger partial charge is 0.252 e. The van der Waals surface area contributed by atoms with Gasteiger partial charge < -0.3 is 4.90 Å². The van der Waals surface area contributed by atoms with Crippen LogP contribution in [0.4, 0.5) is 0 Å². The maximum Gasteiger partial charge on any atom is 0.252 e. The summed E-state index contributed by atoms with van der Waals surface area (Å²) in [4.78, 5) is 5.76. The molecule has 0 saturated carbocycles. The molecule has 0 atom stereocenters. The lowest BCUT2D eigenvalue weighted by molar-refractivity contribution is 0.597. The van der Waals surface area contributed by atoms with Gasteiger partial charge in [-0.25, -0.2) is 8.42 Å². The fourth-order valence-corrected chi connectivity index (χ4v) is 1.73. The predicted molar refractivity (Wildman–Crippen MR) is 64.0 cm³/mol. The van der Waals surface area contributed by atoms with Crippen LogP contribution in [-0.2, 0) is 10.0 Å². The van der Waals surface area contributed by atoms with Crippen LogP contribution < -0.4 is 0 Å². The number of hydrogen-bond acceptors (Lipinski definition) is 3. The highest BCUT2D eigenvalue weighted by Crippen LogP contribution is 2.05. The maximum atomic E-state index is 11.2. The van der Waals surface area contributed by atoms with Gasteiger partial charge >= 0.3 is 0 Å². The van der Waals surface area contributed by atoms with Crippen LogP contribution in [0.2, 0.25) is 0 Å². The number of pyridine rings is 1. The van der Waals surface area contributed by atoms with Gasteiger partial charge in [-0.15, -0.1) is 4.40 Å². The summed E-state index contributed by atoms with van der Waals surface area (Å²) in [5, 5.41) is 0. The third-order valence-electron chi connectivity index (χ3n) is 1.85. The van der Waals surface area contributed by atoms with Crippen LogP contribution in [-0.4, -0.2) is 44.5 Å². The Morgan fingerprint density at radius 3 is 2.38 bits per heavy atom. The van der Waals surface area contributed by atoms with E-state index in [2.05, 4.69) is 9.38 Å². The van der Waals surface area contributed by atoms with Gasteiger partial charge in [0.05, 0.1) is 6.26 Å². The maximum absolute atomic E-state index is 11.2. The van der Waals surface area contributed by atoms with Crippen LogP contribution in [0.1, 0.15) is 11.3 Å². The van der Waals surface area contributed by atoms with E-state index in [1.165, 1.54) is 0 Å². The molecule has 0 amide bonds. The van der Waals surface area contributed by atoms with Gasteiger partial charge in [-0.05, 0) is 19.1 Å². The molecular formula is C10H15N3O2S. The van der Waals surface area contributed by atoms with Crippen molar-refractivity contribution in [1.82, 2.24) is 9.88 Å². The standard InChI is InChI=1S/C10H15N3O2S/c1-8-5-6-9(7-11-8)10(13(2)3)12-16(4,14)15/h5-7H,1-4H3/b12-10-. The van der Waals surface area contributed by atoms with Crippen LogP contribution in [0.25, 0.3) is 0 Å². The van der Waals surface area contributed by atoms with Crippen molar-refractivity contribution in [2.24, 2.45) is 4.40 Å². The van der Waals surface area contributed by atoms with Crippen molar-refractivity contribution >= 4 is 15.9 Å². The van der Waals surface area contributed by atoms with Crippen LogP contribution in [0.15, 0.2) is 22.7 Å². The Balaban J connectivity index is 3.24. The normalized spacial score (nSPS) is 12.6. The summed E-state index contributed by atoms with van der Waals surface area (Å²) in [5.41, 5.74) is 1.56. The Kier molecular flexibility index (Phi) is 3.64. The van der Waals surface area contributed by atoms with Gasteiger partial charge in [-0.2, -0.15) is 0 Å². The molecule has 0 fully saturated rings. The Morgan fingerprint density at radius 2 is 2.00 bits per heavy atom. The molecule has 0 bridgehead atoms. The van der Waals surface area contributed by atoms with Crippen LogP contribution >= 0.6 is 0 Å². The average Bonchev–Trinajstić information content (AvgIpc) is 2.14. The molecule has 0 saturated heterocycles. The van der Waals surface area contributed by atoms with Crippen molar-refractivity contribution in [3.05, 3.63) is 29.6 Å². The highest BCUT2D eigenvalue weighted by atomic mass is 32.2.